The summed E-state index contributed by atoms with van der Waals surface area (Å²) in [5, 5.41) is 4.82. The lowest BCUT2D eigenvalue weighted by atomic mass is 9.92. The fourth-order valence-electron chi connectivity index (χ4n) is 4.20. The molecule has 0 saturated carbocycles. The Morgan fingerprint density at radius 1 is 1.19 bits per heavy atom. The van der Waals surface area contributed by atoms with Crippen molar-refractivity contribution in [2.75, 3.05) is 25.5 Å². The summed E-state index contributed by atoms with van der Waals surface area (Å²) in [6.07, 6.45) is 5.43. The lowest BCUT2D eigenvalue weighted by Gasteiger charge is -2.22. The Bertz CT molecular complexity index is 938. The van der Waals surface area contributed by atoms with Crippen LogP contribution in [0.25, 0.3) is 6.08 Å². The van der Waals surface area contributed by atoms with Crippen molar-refractivity contribution in [3.05, 3.63) is 65.1 Å². The van der Waals surface area contributed by atoms with Gasteiger partial charge in [0.2, 0.25) is 0 Å². The van der Waals surface area contributed by atoms with Gasteiger partial charge in [-0.25, -0.2) is 8.42 Å². The van der Waals surface area contributed by atoms with Crippen LogP contribution in [0, 0.1) is 0 Å². The van der Waals surface area contributed by atoms with Crippen molar-refractivity contribution < 1.29 is 8.42 Å². The smallest absolute Gasteiger partial charge is 0.199 e. The normalized spacial score (nSPS) is 22.9. The van der Waals surface area contributed by atoms with Crippen molar-refractivity contribution in [1.29, 1.82) is 0 Å². The van der Waals surface area contributed by atoms with Gasteiger partial charge in [0.05, 0.1) is 4.90 Å². The van der Waals surface area contributed by atoms with Gasteiger partial charge in [0.1, 0.15) is 0 Å². The molecular formula is C22H26N2O2S. The van der Waals surface area contributed by atoms with E-state index in [1.807, 2.05) is 12.1 Å². The monoisotopic (exact) mass is 382 g/mol. The van der Waals surface area contributed by atoms with Crippen LogP contribution in [-0.4, -0.2) is 39.5 Å². The van der Waals surface area contributed by atoms with Crippen molar-refractivity contribution >= 4 is 21.6 Å². The van der Waals surface area contributed by atoms with E-state index in [1.165, 1.54) is 36.0 Å². The number of fused-ring (bicyclic) bond motifs is 1. The van der Waals surface area contributed by atoms with Gasteiger partial charge < -0.3 is 10.2 Å². The molecule has 0 amide bonds. The zero-order valence-electron chi connectivity index (χ0n) is 15.6. The maximum Gasteiger partial charge on any atom is 0.199 e. The SMILES string of the molecule is CN1CCC[C@@H]1CC1CNc2ccc(/C=C/S(=O)(=O)c3ccccc3)cc21. The molecule has 2 aromatic rings. The zero-order chi connectivity index (χ0) is 18.9. The summed E-state index contributed by atoms with van der Waals surface area (Å²) in [5.74, 6) is 0.490. The average Bonchev–Trinajstić information content (AvgIpc) is 3.27. The highest BCUT2D eigenvalue weighted by atomic mass is 32.2. The molecule has 0 aliphatic carbocycles. The van der Waals surface area contributed by atoms with E-state index in [4.69, 9.17) is 0 Å². The van der Waals surface area contributed by atoms with Crippen LogP contribution in [0.1, 0.15) is 36.3 Å². The fourth-order valence-corrected chi connectivity index (χ4v) is 5.23. The van der Waals surface area contributed by atoms with Crippen LogP contribution in [-0.2, 0) is 9.84 Å². The second-order valence-electron chi connectivity index (χ2n) is 7.60. The van der Waals surface area contributed by atoms with E-state index in [1.54, 1.807) is 30.3 Å². The molecule has 2 aromatic carbocycles. The number of anilines is 1. The summed E-state index contributed by atoms with van der Waals surface area (Å²) in [7, 11) is -1.20. The van der Waals surface area contributed by atoms with Gasteiger partial charge in [0.15, 0.2) is 9.84 Å². The Hall–Kier alpha value is -2.11. The molecule has 2 atom stereocenters. The number of likely N-dealkylation sites (tertiary alicyclic amines) is 1. The highest BCUT2D eigenvalue weighted by Crippen LogP contribution is 2.37. The van der Waals surface area contributed by atoms with E-state index in [-0.39, 0.29) is 0 Å². The van der Waals surface area contributed by atoms with Gasteiger partial charge in [-0.2, -0.15) is 0 Å². The van der Waals surface area contributed by atoms with E-state index in [2.05, 4.69) is 29.4 Å². The third kappa shape index (κ3) is 3.94. The van der Waals surface area contributed by atoms with Crippen molar-refractivity contribution in [2.45, 2.75) is 36.1 Å². The molecule has 1 N–H and O–H groups in total. The molecular weight excluding hydrogens is 356 g/mol. The van der Waals surface area contributed by atoms with Crippen LogP contribution in [0.4, 0.5) is 5.69 Å². The molecule has 0 aromatic heterocycles. The highest BCUT2D eigenvalue weighted by Gasteiger charge is 2.29. The quantitative estimate of drug-likeness (QED) is 0.845. The van der Waals surface area contributed by atoms with Crippen LogP contribution < -0.4 is 5.32 Å². The number of hydrogen-bond acceptors (Lipinski definition) is 4. The van der Waals surface area contributed by atoms with Crippen molar-refractivity contribution in [2.24, 2.45) is 0 Å². The number of hydrogen-bond donors (Lipinski definition) is 1. The van der Waals surface area contributed by atoms with Crippen molar-refractivity contribution in [3.63, 3.8) is 0 Å². The lowest BCUT2D eigenvalue weighted by Crippen LogP contribution is -2.27. The number of nitrogens with zero attached hydrogens (tertiary/aromatic N) is 1. The van der Waals surface area contributed by atoms with Crippen LogP contribution in [0.15, 0.2) is 58.8 Å². The lowest BCUT2D eigenvalue weighted by molar-refractivity contribution is 0.285. The summed E-state index contributed by atoms with van der Waals surface area (Å²) in [5.41, 5.74) is 3.43. The summed E-state index contributed by atoms with van der Waals surface area (Å²) < 4.78 is 24.9. The molecule has 2 aliphatic heterocycles. The maximum absolute atomic E-state index is 12.5. The minimum Gasteiger partial charge on any atom is -0.384 e. The largest absolute Gasteiger partial charge is 0.384 e. The minimum atomic E-state index is -3.41. The first-order chi connectivity index (χ1) is 13.0. The number of nitrogens with one attached hydrogen (secondary N) is 1. The molecule has 1 unspecified atom stereocenters. The van der Waals surface area contributed by atoms with E-state index in [0.717, 1.165) is 18.5 Å². The van der Waals surface area contributed by atoms with Gasteiger partial charge in [0, 0.05) is 29.6 Å². The third-order valence-corrected chi connectivity index (χ3v) is 7.22. The third-order valence-electron chi connectivity index (χ3n) is 5.79. The Labute approximate surface area is 161 Å². The standard InChI is InChI=1S/C22H26N2O2S/c1-24-12-5-6-19(24)15-18-16-23-22-10-9-17(14-21(18)22)11-13-27(25,26)20-7-3-2-4-8-20/h2-4,7-11,13-14,18-19,23H,5-6,12,15-16H2,1H3/b13-11+/t18?,19-/m1/s1. The van der Waals surface area contributed by atoms with Crippen molar-refractivity contribution in [3.8, 4) is 0 Å². The second-order valence-corrected chi connectivity index (χ2v) is 9.43. The molecule has 0 bridgehead atoms. The van der Waals surface area contributed by atoms with Gasteiger partial charge in [0.25, 0.3) is 0 Å². The molecule has 5 heteroatoms. The Balaban J connectivity index is 1.53. The van der Waals surface area contributed by atoms with E-state index in [0.29, 0.717) is 16.9 Å². The van der Waals surface area contributed by atoms with E-state index >= 15 is 0 Å². The Morgan fingerprint density at radius 3 is 2.74 bits per heavy atom. The Kier molecular flexibility index (Phi) is 5.06. The first kappa shape index (κ1) is 18.3. The first-order valence-corrected chi connectivity index (χ1v) is 11.1. The van der Waals surface area contributed by atoms with Crippen LogP contribution in [0.5, 0.6) is 0 Å². The van der Waals surface area contributed by atoms with Gasteiger partial charge in [-0.1, -0.05) is 24.3 Å². The van der Waals surface area contributed by atoms with Gasteiger partial charge in [-0.15, -0.1) is 0 Å². The number of benzene rings is 2. The molecule has 142 valence electrons. The molecule has 4 nitrogen and oxygen atoms in total. The van der Waals surface area contributed by atoms with Crippen molar-refractivity contribution in [1.82, 2.24) is 4.90 Å². The minimum absolute atomic E-state index is 0.325. The molecule has 1 fully saturated rings. The predicted molar refractivity (Wildman–Crippen MR) is 111 cm³/mol. The van der Waals surface area contributed by atoms with Crippen LogP contribution >= 0.6 is 0 Å². The van der Waals surface area contributed by atoms with Gasteiger partial charge in [-0.05, 0) is 74.3 Å². The number of rotatable bonds is 5. The van der Waals surface area contributed by atoms with Crippen LogP contribution in [0.3, 0.4) is 0 Å². The first-order valence-electron chi connectivity index (χ1n) is 9.59. The zero-order valence-corrected chi connectivity index (χ0v) is 16.5. The topological polar surface area (TPSA) is 49.4 Å². The summed E-state index contributed by atoms with van der Waals surface area (Å²) in [4.78, 5) is 2.79. The van der Waals surface area contributed by atoms with Gasteiger partial charge >= 0.3 is 0 Å². The molecule has 4 rings (SSSR count). The highest BCUT2D eigenvalue weighted by molar-refractivity contribution is 7.94. The maximum atomic E-state index is 12.5. The van der Waals surface area contributed by atoms with E-state index in [9.17, 15) is 8.42 Å². The summed E-state index contributed by atoms with van der Waals surface area (Å²) in [6.45, 7) is 2.16. The molecule has 2 heterocycles. The molecule has 1 saturated heterocycles. The summed E-state index contributed by atoms with van der Waals surface area (Å²) in [6, 6.07) is 15.4. The molecule has 0 radical (unpaired) electrons. The summed E-state index contributed by atoms with van der Waals surface area (Å²) >= 11 is 0. The predicted octanol–water partition coefficient (Wildman–Crippen LogP) is 4.12. The average molecular weight is 383 g/mol. The van der Waals surface area contributed by atoms with Gasteiger partial charge in [-0.3, -0.25) is 0 Å². The van der Waals surface area contributed by atoms with E-state index < -0.39 is 9.84 Å². The molecule has 27 heavy (non-hydrogen) atoms. The Morgan fingerprint density at radius 2 is 2.00 bits per heavy atom. The number of sulfone groups is 1. The van der Waals surface area contributed by atoms with Crippen LogP contribution in [0.2, 0.25) is 0 Å². The molecule has 0 spiro atoms. The second kappa shape index (κ2) is 7.49. The fraction of sp³-hybridized carbons (Fsp3) is 0.364. The molecule has 2 aliphatic rings.